The van der Waals surface area contributed by atoms with E-state index in [-0.39, 0.29) is 11.9 Å². The third kappa shape index (κ3) is 7.46. The summed E-state index contributed by atoms with van der Waals surface area (Å²) < 4.78 is 5.13. The minimum Gasteiger partial charge on any atom is -0.466 e. The van der Waals surface area contributed by atoms with Gasteiger partial charge in [-0.1, -0.05) is 18.2 Å². The topological polar surface area (TPSA) is 77.0 Å². The number of allylic oxidation sites excluding steroid dienone is 2. The Hall–Kier alpha value is -2.76. The van der Waals surface area contributed by atoms with E-state index in [1.807, 2.05) is 13.8 Å². The molecule has 1 unspecified atom stereocenters. The van der Waals surface area contributed by atoms with E-state index in [1.165, 1.54) is 18.4 Å². The molecule has 6 nitrogen and oxygen atoms in total. The molecule has 0 bridgehead atoms. The van der Waals surface area contributed by atoms with Gasteiger partial charge in [0.25, 0.3) is 0 Å². The zero-order valence-corrected chi connectivity index (χ0v) is 18.8. The molecule has 1 N–H and O–H groups in total. The second-order valence-corrected chi connectivity index (χ2v) is 8.05. The van der Waals surface area contributed by atoms with Crippen LogP contribution in [0.15, 0.2) is 36.7 Å². The molecule has 3 rings (SSSR count). The van der Waals surface area contributed by atoms with Gasteiger partial charge in [-0.05, 0) is 76.0 Å². The van der Waals surface area contributed by atoms with E-state index in [0.717, 1.165) is 61.5 Å². The number of nitrogens with zero attached hydrogens (tertiary/aromatic N) is 3. The van der Waals surface area contributed by atoms with Crippen LogP contribution in [0.4, 0.5) is 5.82 Å². The van der Waals surface area contributed by atoms with Gasteiger partial charge in [-0.3, -0.25) is 4.79 Å². The van der Waals surface area contributed by atoms with Gasteiger partial charge in [0.2, 0.25) is 0 Å². The Morgan fingerprint density at radius 2 is 2.06 bits per heavy atom. The number of carbonyl (C=O) groups is 1. The first-order valence-electron chi connectivity index (χ1n) is 11.5. The minimum absolute atomic E-state index is 0.0584. The van der Waals surface area contributed by atoms with Crippen molar-refractivity contribution < 1.29 is 9.53 Å². The van der Waals surface area contributed by atoms with Crippen molar-refractivity contribution in [3.05, 3.63) is 59.3 Å². The summed E-state index contributed by atoms with van der Waals surface area (Å²) in [6.07, 6.45) is 15.9. The number of rotatable bonds is 10. The lowest BCUT2D eigenvalue weighted by Gasteiger charge is -2.12. The molecule has 0 radical (unpaired) electrons. The van der Waals surface area contributed by atoms with Crippen LogP contribution < -0.4 is 5.32 Å². The van der Waals surface area contributed by atoms with Gasteiger partial charge in [-0.25, -0.2) is 15.0 Å². The maximum Gasteiger partial charge on any atom is 0.306 e. The SMILES string of the molecule is CCOC(=O)CC(C=CCCCCc1ccc2c(n1)NCCCC2)c1cnc(C)nc1. The highest BCUT2D eigenvalue weighted by molar-refractivity contribution is 5.71. The van der Waals surface area contributed by atoms with Gasteiger partial charge in [0.1, 0.15) is 11.6 Å². The van der Waals surface area contributed by atoms with E-state index >= 15 is 0 Å². The highest BCUT2D eigenvalue weighted by atomic mass is 16.5. The number of fused-ring (bicyclic) bond motifs is 1. The van der Waals surface area contributed by atoms with Crippen molar-refractivity contribution in [1.29, 1.82) is 0 Å². The molecule has 166 valence electrons. The number of aryl methyl sites for hydroxylation is 3. The standard InChI is InChI=1S/C25H34N4O2/c1-3-31-24(30)16-21(22-17-27-19(2)28-18-22)11-6-4-5-7-12-23-14-13-20-10-8-9-15-26-25(20)29-23/h6,11,13-14,17-18,21H,3-5,7-10,12,15-16H2,1-2H3,(H,26,29). The Morgan fingerprint density at radius 3 is 2.87 bits per heavy atom. The molecule has 2 aromatic rings. The lowest BCUT2D eigenvalue weighted by Crippen LogP contribution is -2.10. The predicted molar refractivity (Wildman–Crippen MR) is 123 cm³/mol. The van der Waals surface area contributed by atoms with Crippen LogP contribution >= 0.6 is 0 Å². The fraction of sp³-hybridized carbons (Fsp3) is 0.520. The molecular weight excluding hydrogens is 388 g/mol. The highest BCUT2D eigenvalue weighted by Gasteiger charge is 2.15. The van der Waals surface area contributed by atoms with Crippen LogP contribution in [-0.2, 0) is 22.4 Å². The summed E-state index contributed by atoms with van der Waals surface area (Å²) >= 11 is 0. The van der Waals surface area contributed by atoms with E-state index in [1.54, 1.807) is 12.4 Å². The first-order valence-corrected chi connectivity index (χ1v) is 11.5. The van der Waals surface area contributed by atoms with Gasteiger partial charge in [0.15, 0.2) is 0 Å². The Morgan fingerprint density at radius 1 is 1.23 bits per heavy atom. The van der Waals surface area contributed by atoms with Crippen molar-refractivity contribution in [3.8, 4) is 0 Å². The maximum absolute atomic E-state index is 12.0. The summed E-state index contributed by atoms with van der Waals surface area (Å²) in [5.74, 6) is 1.55. The number of pyridine rings is 1. The van der Waals surface area contributed by atoms with E-state index in [9.17, 15) is 4.79 Å². The fourth-order valence-electron chi connectivity index (χ4n) is 3.79. The predicted octanol–water partition coefficient (Wildman–Crippen LogP) is 4.93. The van der Waals surface area contributed by atoms with Crippen molar-refractivity contribution >= 4 is 11.8 Å². The van der Waals surface area contributed by atoms with Crippen LogP contribution in [0.2, 0.25) is 0 Å². The van der Waals surface area contributed by atoms with Crippen molar-refractivity contribution in [2.75, 3.05) is 18.5 Å². The molecule has 3 heterocycles. The van der Waals surface area contributed by atoms with Crippen molar-refractivity contribution in [2.45, 2.75) is 71.1 Å². The smallest absolute Gasteiger partial charge is 0.306 e. The number of ether oxygens (including phenoxy) is 1. The fourth-order valence-corrected chi connectivity index (χ4v) is 3.79. The van der Waals surface area contributed by atoms with Crippen LogP contribution in [0, 0.1) is 6.92 Å². The summed E-state index contributed by atoms with van der Waals surface area (Å²) in [4.78, 5) is 25.4. The zero-order valence-electron chi connectivity index (χ0n) is 18.8. The third-order valence-electron chi connectivity index (χ3n) is 5.54. The van der Waals surface area contributed by atoms with Crippen LogP contribution in [0.1, 0.15) is 74.0 Å². The summed E-state index contributed by atoms with van der Waals surface area (Å²) in [5.41, 5.74) is 3.45. The molecule has 6 heteroatoms. The molecule has 0 fully saturated rings. The Kier molecular flexibility index (Phi) is 9.00. The average Bonchev–Trinajstić information content (AvgIpc) is 3.01. The molecule has 1 aliphatic heterocycles. The molecular formula is C25H34N4O2. The van der Waals surface area contributed by atoms with Crippen LogP contribution in [0.3, 0.4) is 0 Å². The van der Waals surface area contributed by atoms with Gasteiger partial charge < -0.3 is 10.1 Å². The molecule has 0 spiro atoms. The van der Waals surface area contributed by atoms with Crippen molar-refractivity contribution in [1.82, 2.24) is 15.0 Å². The molecule has 1 aliphatic rings. The van der Waals surface area contributed by atoms with E-state index < -0.39 is 0 Å². The number of anilines is 1. The summed E-state index contributed by atoms with van der Waals surface area (Å²) in [7, 11) is 0. The van der Waals surface area contributed by atoms with Gasteiger partial charge in [0.05, 0.1) is 13.0 Å². The van der Waals surface area contributed by atoms with Gasteiger partial charge in [-0.2, -0.15) is 0 Å². The van der Waals surface area contributed by atoms with Crippen LogP contribution in [0.5, 0.6) is 0 Å². The highest BCUT2D eigenvalue weighted by Crippen LogP contribution is 2.22. The minimum atomic E-state index is -0.194. The number of aromatic nitrogens is 3. The van der Waals surface area contributed by atoms with Crippen molar-refractivity contribution in [2.24, 2.45) is 0 Å². The van der Waals surface area contributed by atoms with Gasteiger partial charge in [0, 0.05) is 30.6 Å². The van der Waals surface area contributed by atoms with Crippen molar-refractivity contribution in [3.63, 3.8) is 0 Å². The normalized spacial score (nSPS) is 14.5. The third-order valence-corrected chi connectivity index (χ3v) is 5.54. The number of esters is 1. The number of unbranched alkanes of at least 4 members (excludes halogenated alkanes) is 2. The first-order chi connectivity index (χ1) is 15.2. The average molecular weight is 423 g/mol. The first kappa shape index (κ1) is 22.9. The zero-order chi connectivity index (χ0) is 21.9. The molecule has 0 saturated heterocycles. The molecule has 0 saturated carbocycles. The summed E-state index contributed by atoms with van der Waals surface area (Å²) in [5, 5.41) is 3.46. The second-order valence-electron chi connectivity index (χ2n) is 8.05. The molecule has 31 heavy (non-hydrogen) atoms. The Balaban J connectivity index is 1.48. The van der Waals surface area contributed by atoms with E-state index in [0.29, 0.717) is 13.0 Å². The number of hydrogen-bond donors (Lipinski definition) is 1. The second kappa shape index (κ2) is 12.2. The van der Waals surface area contributed by atoms with Crippen LogP contribution in [-0.4, -0.2) is 34.1 Å². The van der Waals surface area contributed by atoms with Crippen LogP contribution in [0.25, 0.3) is 0 Å². The number of hydrogen-bond acceptors (Lipinski definition) is 6. The molecule has 0 aliphatic carbocycles. The molecule has 2 aromatic heterocycles. The van der Waals surface area contributed by atoms with Gasteiger partial charge >= 0.3 is 5.97 Å². The number of carbonyl (C=O) groups excluding carboxylic acids is 1. The largest absolute Gasteiger partial charge is 0.466 e. The maximum atomic E-state index is 12.0. The lowest BCUT2D eigenvalue weighted by molar-refractivity contribution is -0.143. The molecule has 0 amide bonds. The lowest BCUT2D eigenvalue weighted by atomic mass is 9.97. The Bertz CT molecular complexity index is 864. The Labute approximate surface area is 185 Å². The van der Waals surface area contributed by atoms with E-state index in [2.05, 4.69) is 39.6 Å². The van der Waals surface area contributed by atoms with Gasteiger partial charge in [-0.15, -0.1) is 0 Å². The summed E-state index contributed by atoms with van der Waals surface area (Å²) in [6.45, 7) is 5.10. The molecule has 1 atom stereocenters. The number of nitrogens with one attached hydrogen (secondary N) is 1. The van der Waals surface area contributed by atoms with E-state index in [4.69, 9.17) is 9.72 Å². The quantitative estimate of drug-likeness (QED) is 0.332. The molecule has 0 aromatic carbocycles. The summed E-state index contributed by atoms with van der Waals surface area (Å²) in [6, 6.07) is 4.41. The monoisotopic (exact) mass is 422 g/mol.